The van der Waals surface area contributed by atoms with Crippen LogP contribution in [-0.2, 0) is 4.79 Å². The second-order valence-corrected chi connectivity index (χ2v) is 6.92. The molecule has 0 saturated heterocycles. The lowest BCUT2D eigenvalue weighted by Gasteiger charge is -2.42. The van der Waals surface area contributed by atoms with Crippen molar-refractivity contribution in [3.05, 3.63) is 42.2 Å². The molecule has 3 aromatic rings. The fraction of sp³-hybridized carbons (Fsp3) is 0.368. The van der Waals surface area contributed by atoms with Crippen molar-refractivity contribution in [2.45, 2.75) is 31.8 Å². The van der Waals surface area contributed by atoms with Crippen LogP contribution in [-0.4, -0.2) is 61.0 Å². The van der Waals surface area contributed by atoms with Gasteiger partial charge < -0.3 is 10.4 Å². The van der Waals surface area contributed by atoms with Gasteiger partial charge in [-0.3, -0.25) is 9.69 Å². The molecule has 9 heteroatoms. The summed E-state index contributed by atoms with van der Waals surface area (Å²) in [5.74, 6) is -0.188. The summed E-state index contributed by atoms with van der Waals surface area (Å²) in [7, 11) is 0. The van der Waals surface area contributed by atoms with Crippen LogP contribution in [0, 0.1) is 5.82 Å². The summed E-state index contributed by atoms with van der Waals surface area (Å²) in [5, 5.41) is 25.0. The van der Waals surface area contributed by atoms with E-state index in [0.29, 0.717) is 29.4 Å². The van der Waals surface area contributed by atoms with Gasteiger partial charge in [0.15, 0.2) is 11.5 Å². The van der Waals surface area contributed by atoms with Gasteiger partial charge in [0.05, 0.1) is 12.1 Å². The second kappa shape index (κ2) is 7.51. The molecular formula is C19H21FN6O2. The summed E-state index contributed by atoms with van der Waals surface area (Å²) in [6, 6.07) is 10.5. The Hall–Kier alpha value is -3.07. The molecule has 0 radical (unpaired) electrons. The van der Waals surface area contributed by atoms with E-state index in [2.05, 4.69) is 20.6 Å². The van der Waals surface area contributed by atoms with Gasteiger partial charge in [0.25, 0.3) is 0 Å². The number of hydrogen-bond donors (Lipinski definition) is 2. The van der Waals surface area contributed by atoms with Gasteiger partial charge in [0.1, 0.15) is 11.6 Å². The van der Waals surface area contributed by atoms with Gasteiger partial charge in [-0.05, 0) is 43.7 Å². The molecule has 1 saturated carbocycles. The van der Waals surface area contributed by atoms with Crippen LogP contribution in [0.2, 0.25) is 0 Å². The minimum Gasteiger partial charge on any atom is -0.480 e. The number of nitrogens with one attached hydrogen (secondary N) is 1. The first-order valence-corrected chi connectivity index (χ1v) is 9.25. The van der Waals surface area contributed by atoms with Gasteiger partial charge in [0, 0.05) is 12.1 Å². The molecule has 0 amide bonds. The topological polar surface area (TPSA) is 95.7 Å². The Morgan fingerprint density at radius 1 is 1.29 bits per heavy atom. The number of benzene rings is 1. The molecule has 1 fully saturated rings. The van der Waals surface area contributed by atoms with Crippen molar-refractivity contribution in [3.8, 4) is 11.4 Å². The van der Waals surface area contributed by atoms with Gasteiger partial charge in [-0.2, -0.15) is 4.52 Å². The van der Waals surface area contributed by atoms with Crippen LogP contribution in [0.1, 0.15) is 19.8 Å². The quantitative estimate of drug-likeness (QED) is 0.645. The summed E-state index contributed by atoms with van der Waals surface area (Å²) in [6.45, 7) is 2.74. The molecule has 0 spiro atoms. The van der Waals surface area contributed by atoms with E-state index in [1.165, 1.54) is 10.6 Å². The lowest BCUT2D eigenvalue weighted by molar-refractivity contribution is -0.139. The summed E-state index contributed by atoms with van der Waals surface area (Å²) >= 11 is 0. The minimum absolute atomic E-state index is 0.0603. The van der Waals surface area contributed by atoms with Crippen molar-refractivity contribution in [3.63, 3.8) is 0 Å². The van der Waals surface area contributed by atoms with Crippen molar-refractivity contribution in [1.29, 1.82) is 0 Å². The third kappa shape index (κ3) is 3.53. The van der Waals surface area contributed by atoms with Gasteiger partial charge in [-0.25, -0.2) is 4.39 Å². The lowest BCUT2D eigenvalue weighted by atomic mass is 9.85. The Morgan fingerprint density at radius 2 is 2.07 bits per heavy atom. The number of rotatable bonds is 7. The fourth-order valence-corrected chi connectivity index (χ4v) is 3.56. The van der Waals surface area contributed by atoms with Crippen LogP contribution in [0.3, 0.4) is 0 Å². The largest absolute Gasteiger partial charge is 0.480 e. The number of aromatic nitrogens is 4. The van der Waals surface area contributed by atoms with E-state index in [4.69, 9.17) is 5.11 Å². The van der Waals surface area contributed by atoms with Gasteiger partial charge in [-0.15, -0.1) is 15.3 Å². The Kier molecular flexibility index (Phi) is 4.91. The molecule has 0 unspecified atom stereocenters. The van der Waals surface area contributed by atoms with E-state index in [1.807, 2.05) is 17.9 Å². The van der Waals surface area contributed by atoms with E-state index >= 15 is 0 Å². The first-order chi connectivity index (χ1) is 13.5. The summed E-state index contributed by atoms with van der Waals surface area (Å²) in [4.78, 5) is 12.9. The highest BCUT2D eigenvalue weighted by atomic mass is 19.1. The number of fused-ring (bicyclic) bond motifs is 1. The molecule has 0 atom stereocenters. The van der Waals surface area contributed by atoms with Gasteiger partial charge in [-0.1, -0.05) is 19.1 Å². The highest BCUT2D eigenvalue weighted by molar-refractivity contribution is 5.69. The third-order valence-electron chi connectivity index (χ3n) is 5.10. The molecule has 1 aliphatic carbocycles. The van der Waals surface area contributed by atoms with Crippen LogP contribution < -0.4 is 5.32 Å². The van der Waals surface area contributed by atoms with E-state index in [-0.39, 0.29) is 24.4 Å². The molecule has 28 heavy (non-hydrogen) atoms. The summed E-state index contributed by atoms with van der Waals surface area (Å²) < 4.78 is 15.7. The number of anilines is 1. The SMILES string of the molecule is CCN(CC(=O)O)C1CC(Nc2ccc3nnc(-c4ccccc4F)n3n2)C1. The number of carbonyl (C=O) groups is 1. The van der Waals surface area contributed by atoms with Crippen LogP contribution in [0.4, 0.5) is 10.2 Å². The average Bonchev–Trinajstić information content (AvgIpc) is 3.06. The molecule has 1 aliphatic rings. The van der Waals surface area contributed by atoms with E-state index < -0.39 is 5.97 Å². The minimum atomic E-state index is -0.807. The predicted octanol–water partition coefficient (Wildman–Crippen LogP) is 2.28. The first kappa shape index (κ1) is 18.3. The number of carboxylic acids is 1. The number of aliphatic carboxylic acids is 1. The zero-order chi connectivity index (χ0) is 19.7. The van der Waals surface area contributed by atoms with Crippen molar-refractivity contribution in [2.24, 2.45) is 0 Å². The number of hydrogen-bond acceptors (Lipinski definition) is 6. The smallest absolute Gasteiger partial charge is 0.317 e. The molecular weight excluding hydrogens is 363 g/mol. The number of halogens is 1. The van der Waals surface area contributed by atoms with E-state index in [0.717, 1.165) is 12.8 Å². The standard InChI is InChI=1S/C19H21FN6O2/c1-2-25(11-18(27)28)13-9-12(10-13)21-16-7-8-17-22-23-19(26(17)24-16)14-5-3-4-6-15(14)20/h3-8,12-13H,2,9-11H2,1H3,(H,21,24)(H,27,28). The maximum Gasteiger partial charge on any atom is 0.317 e. The number of carboxylic acid groups (broad SMARTS) is 1. The Labute approximate surface area is 161 Å². The van der Waals surface area contributed by atoms with Crippen LogP contribution in [0.5, 0.6) is 0 Å². The third-order valence-corrected chi connectivity index (χ3v) is 5.10. The molecule has 0 bridgehead atoms. The Morgan fingerprint density at radius 3 is 2.79 bits per heavy atom. The predicted molar refractivity (Wildman–Crippen MR) is 101 cm³/mol. The Bertz CT molecular complexity index is 1000. The second-order valence-electron chi connectivity index (χ2n) is 6.92. The molecule has 146 valence electrons. The molecule has 2 aromatic heterocycles. The first-order valence-electron chi connectivity index (χ1n) is 9.25. The van der Waals surface area contributed by atoms with Crippen molar-refractivity contribution in [1.82, 2.24) is 24.7 Å². The van der Waals surface area contributed by atoms with Crippen molar-refractivity contribution < 1.29 is 14.3 Å². The maximum absolute atomic E-state index is 14.1. The fourth-order valence-electron chi connectivity index (χ4n) is 3.56. The zero-order valence-corrected chi connectivity index (χ0v) is 15.4. The Balaban J connectivity index is 1.48. The molecule has 1 aromatic carbocycles. The van der Waals surface area contributed by atoms with Crippen molar-refractivity contribution >= 4 is 17.4 Å². The van der Waals surface area contributed by atoms with E-state index in [9.17, 15) is 9.18 Å². The normalized spacial score (nSPS) is 19.0. The summed E-state index contributed by atoms with van der Waals surface area (Å²) in [5.41, 5.74) is 0.879. The maximum atomic E-state index is 14.1. The molecule has 2 heterocycles. The highest BCUT2D eigenvalue weighted by Crippen LogP contribution is 2.28. The highest BCUT2D eigenvalue weighted by Gasteiger charge is 2.34. The average molecular weight is 384 g/mol. The summed E-state index contributed by atoms with van der Waals surface area (Å²) in [6.07, 6.45) is 1.70. The van der Waals surface area contributed by atoms with Crippen LogP contribution in [0.25, 0.3) is 17.0 Å². The van der Waals surface area contributed by atoms with Gasteiger partial charge >= 0.3 is 5.97 Å². The number of likely N-dealkylation sites (N-methyl/N-ethyl adjacent to an activating group) is 1. The van der Waals surface area contributed by atoms with Gasteiger partial charge in [0.2, 0.25) is 0 Å². The monoisotopic (exact) mass is 384 g/mol. The zero-order valence-electron chi connectivity index (χ0n) is 15.4. The van der Waals surface area contributed by atoms with Crippen molar-refractivity contribution in [2.75, 3.05) is 18.4 Å². The molecule has 0 aliphatic heterocycles. The number of nitrogens with zero attached hydrogens (tertiary/aromatic N) is 5. The molecule has 8 nitrogen and oxygen atoms in total. The van der Waals surface area contributed by atoms with Crippen LogP contribution in [0.15, 0.2) is 36.4 Å². The lowest BCUT2D eigenvalue weighted by Crippen LogP contribution is -2.51. The molecule has 2 N–H and O–H groups in total. The molecule has 4 rings (SSSR count). The van der Waals surface area contributed by atoms with Crippen LogP contribution >= 0.6 is 0 Å². The van der Waals surface area contributed by atoms with E-state index in [1.54, 1.807) is 24.3 Å².